The van der Waals surface area contributed by atoms with Crippen LogP contribution in [0.1, 0.15) is 79.6 Å². The van der Waals surface area contributed by atoms with Crippen LogP contribution in [0.3, 0.4) is 0 Å². The van der Waals surface area contributed by atoms with E-state index in [0.29, 0.717) is 17.1 Å². The van der Waals surface area contributed by atoms with Crippen LogP contribution in [0.4, 0.5) is 0 Å². The minimum atomic E-state index is 0.279. The molecule has 9 atom stereocenters. The van der Waals surface area contributed by atoms with Crippen molar-refractivity contribution in [3.63, 3.8) is 0 Å². The number of fused-ring (bicyclic) bond motifs is 5. The highest BCUT2D eigenvalue weighted by Crippen LogP contribution is 2.68. The number of hydrogen-bond donors (Lipinski definition) is 0. The van der Waals surface area contributed by atoms with Crippen LogP contribution < -0.4 is 0 Å². The Bertz CT molecular complexity index is 577. The molecule has 4 aliphatic rings. The molecule has 0 amide bonds. The molecule has 0 spiro atoms. The Hall–Kier alpha value is -0.590. The Morgan fingerprint density at radius 1 is 1.20 bits per heavy atom. The number of hydrogen-bond acceptors (Lipinski definition) is 1. The predicted octanol–water partition coefficient (Wildman–Crippen LogP) is 6.28. The maximum Gasteiger partial charge on any atom is 0.155 e. The van der Waals surface area contributed by atoms with Crippen molar-refractivity contribution in [2.45, 2.75) is 79.6 Å². The predicted molar refractivity (Wildman–Crippen MR) is 104 cm³/mol. The molecule has 0 aliphatic heterocycles. The van der Waals surface area contributed by atoms with Crippen LogP contribution in [-0.4, -0.2) is 5.78 Å². The zero-order valence-corrected chi connectivity index (χ0v) is 17.1. The van der Waals surface area contributed by atoms with E-state index in [1.54, 1.807) is 0 Å². The maximum atomic E-state index is 12.0. The first-order chi connectivity index (χ1) is 11.8. The molecule has 0 aromatic heterocycles. The molecule has 3 fully saturated rings. The van der Waals surface area contributed by atoms with Crippen molar-refractivity contribution in [1.29, 1.82) is 0 Å². The monoisotopic (exact) mass is 342 g/mol. The molecule has 140 valence electrons. The van der Waals surface area contributed by atoms with Gasteiger partial charge in [-0.2, -0.15) is 0 Å². The van der Waals surface area contributed by atoms with Gasteiger partial charge in [-0.15, -0.1) is 0 Å². The Balaban J connectivity index is 1.68. The van der Waals surface area contributed by atoms with Gasteiger partial charge in [0.25, 0.3) is 0 Å². The highest BCUT2D eigenvalue weighted by molar-refractivity contribution is 5.91. The summed E-state index contributed by atoms with van der Waals surface area (Å²) in [5, 5.41) is 0. The molecule has 4 aliphatic carbocycles. The molecular formula is C24H38O. The van der Waals surface area contributed by atoms with Crippen LogP contribution in [0.5, 0.6) is 0 Å². The van der Waals surface area contributed by atoms with E-state index in [-0.39, 0.29) is 5.41 Å². The van der Waals surface area contributed by atoms with Crippen molar-refractivity contribution < 1.29 is 4.79 Å². The third kappa shape index (κ3) is 2.43. The van der Waals surface area contributed by atoms with Crippen molar-refractivity contribution >= 4 is 5.78 Å². The zero-order valence-electron chi connectivity index (χ0n) is 17.1. The van der Waals surface area contributed by atoms with Gasteiger partial charge in [-0.3, -0.25) is 4.79 Å². The van der Waals surface area contributed by atoms with Gasteiger partial charge in [0.1, 0.15) is 0 Å². The van der Waals surface area contributed by atoms with Crippen molar-refractivity contribution in [3.05, 3.63) is 12.2 Å². The second-order valence-corrected chi connectivity index (χ2v) is 10.7. The number of ketones is 1. The molecule has 1 nitrogen and oxygen atoms in total. The second-order valence-electron chi connectivity index (χ2n) is 10.7. The Morgan fingerprint density at radius 2 is 1.96 bits per heavy atom. The lowest BCUT2D eigenvalue weighted by molar-refractivity contribution is -0.129. The highest BCUT2D eigenvalue weighted by atomic mass is 16.1. The van der Waals surface area contributed by atoms with Crippen molar-refractivity contribution in [2.24, 2.45) is 52.3 Å². The molecule has 0 radical (unpaired) electrons. The SMILES string of the molecule is CCC(C)C1CCC2C3C(CC[C@]12C)[C@@]1(C)C=CC(=O)C[C@@H]1C[C@H]3C. The summed E-state index contributed by atoms with van der Waals surface area (Å²) in [4.78, 5) is 12.0. The fourth-order valence-electron chi connectivity index (χ4n) is 8.28. The van der Waals surface area contributed by atoms with Gasteiger partial charge < -0.3 is 0 Å². The van der Waals surface area contributed by atoms with Gasteiger partial charge >= 0.3 is 0 Å². The quantitative estimate of drug-likeness (QED) is 0.577. The molecule has 0 N–H and O–H groups in total. The van der Waals surface area contributed by atoms with E-state index in [0.717, 1.165) is 41.9 Å². The van der Waals surface area contributed by atoms with Crippen molar-refractivity contribution in [2.75, 3.05) is 0 Å². The van der Waals surface area contributed by atoms with Crippen LogP contribution >= 0.6 is 0 Å². The lowest BCUT2D eigenvalue weighted by Gasteiger charge is -2.61. The third-order valence-corrected chi connectivity index (χ3v) is 9.80. The molecule has 0 aromatic rings. The second kappa shape index (κ2) is 5.96. The first-order valence-electron chi connectivity index (χ1n) is 11.0. The Kier molecular flexibility index (Phi) is 4.25. The van der Waals surface area contributed by atoms with Gasteiger partial charge in [0.05, 0.1) is 0 Å². The van der Waals surface area contributed by atoms with Crippen LogP contribution in [0.25, 0.3) is 0 Å². The van der Waals surface area contributed by atoms with Crippen LogP contribution in [0, 0.1) is 52.3 Å². The molecular weight excluding hydrogens is 304 g/mol. The molecule has 4 rings (SSSR count). The average Bonchev–Trinajstić information content (AvgIpc) is 2.93. The zero-order chi connectivity index (χ0) is 18.0. The first-order valence-corrected chi connectivity index (χ1v) is 11.0. The fourth-order valence-corrected chi connectivity index (χ4v) is 8.28. The van der Waals surface area contributed by atoms with Gasteiger partial charge in [-0.1, -0.05) is 47.1 Å². The van der Waals surface area contributed by atoms with E-state index in [2.05, 4.69) is 40.7 Å². The van der Waals surface area contributed by atoms with Crippen LogP contribution in [0.15, 0.2) is 12.2 Å². The average molecular weight is 343 g/mol. The van der Waals surface area contributed by atoms with E-state index in [1.807, 2.05) is 6.08 Å². The molecule has 25 heavy (non-hydrogen) atoms. The van der Waals surface area contributed by atoms with E-state index in [1.165, 1.54) is 38.5 Å². The maximum absolute atomic E-state index is 12.0. The summed E-state index contributed by atoms with van der Waals surface area (Å²) in [5.74, 6) is 6.17. The summed E-state index contributed by atoms with van der Waals surface area (Å²) in [6.07, 6.45) is 13.4. The fraction of sp³-hybridized carbons (Fsp3) is 0.875. The molecule has 0 saturated heterocycles. The normalized spacial score (nSPS) is 53.1. The molecule has 0 aromatic carbocycles. The van der Waals surface area contributed by atoms with Gasteiger partial charge in [0.15, 0.2) is 5.78 Å². The number of rotatable bonds is 2. The summed E-state index contributed by atoms with van der Waals surface area (Å²) in [6, 6.07) is 0. The largest absolute Gasteiger partial charge is 0.295 e. The summed E-state index contributed by atoms with van der Waals surface area (Å²) in [7, 11) is 0. The van der Waals surface area contributed by atoms with Crippen LogP contribution in [0.2, 0.25) is 0 Å². The minimum Gasteiger partial charge on any atom is -0.295 e. The third-order valence-electron chi connectivity index (χ3n) is 9.80. The van der Waals surface area contributed by atoms with Crippen molar-refractivity contribution in [1.82, 2.24) is 0 Å². The van der Waals surface area contributed by atoms with E-state index < -0.39 is 0 Å². The Morgan fingerprint density at radius 3 is 2.68 bits per heavy atom. The minimum absolute atomic E-state index is 0.279. The van der Waals surface area contributed by atoms with Gasteiger partial charge in [0.2, 0.25) is 0 Å². The summed E-state index contributed by atoms with van der Waals surface area (Å²) in [6.45, 7) is 12.5. The summed E-state index contributed by atoms with van der Waals surface area (Å²) in [5.41, 5.74) is 0.850. The molecule has 0 heterocycles. The first kappa shape index (κ1) is 17.8. The van der Waals surface area contributed by atoms with Gasteiger partial charge in [0, 0.05) is 6.42 Å². The molecule has 1 heteroatoms. The Labute approximate surface area is 155 Å². The lowest BCUT2D eigenvalue weighted by Crippen LogP contribution is -2.55. The number of carbonyl (C=O) groups is 1. The van der Waals surface area contributed by atoms with Crippen LogP contribution in [-0.2, 0) is 4.79 Å². The summed E-state index contributed by atoms with van der Waals surface area (Å²) < 4.78 is 0. The highest BCUT2D eigenvalue weighted by Gasteiger charge is 2.61. The molecule has 0 bridgehead atoms. The van der Waals surface area contributed by atoms with E-state index in [4.69, 9.17) is 0 Å². The summed E-state index contributed by atoms with van der Waals surface area (Å²) >= 11 is 0. The van der Waals surface area contributed by atoms with Gasteiger partial charge in [-0.25, -0.2) is 0 Å². The number of carbonyl (C=O) groups excluding carboxylic acids is 1. The van der Waals surface area contributed by atoms with E-state index in [9.17, 15) is 4.79 Å². The lowest BCUT2D eigenvalue weighted by atomic mass is 9.43. The topological polar surface area (TPSA) is 17.1 Å². The number of allylic oxidation sites excluding steroid dienone is 2. The smallest absolute Gasteiger partial charge is 0.155 e. The molecule has 3 saturated carbocycles. The van der Waals surface area contributed by atoms with E-state index >= 15 is 0 Å². The molecule has 5 unspecified atom stereocenters. The van der Waals surface area contributed by atoms with Crippen molar-refractivity contribution in [3.8, 4) is 0 Å². The van der Waals surface area contributed by atoms with Gasteiger partial charge in [-0.05, 0) is 90.4 Å². The standard InChI is InChI=1S/C24H38O/c1-6-15(2)19-7-8-20-22-16(3)13-17-14-18(25)9-11-23(17,4)21(22)10-12-24(19,20)5/h9,11,15-17,19-22H,6-8,10,12-14H2,1-5H3/t15?,16-,17+,19?,20?,21?,22?,23+,24-/m1/s1.